The predicted octanol–water partition coefficient (Wildman–Crippen LogP) is 7.34. The van der Waals surface area contributed by atoms with Crippen molar-refractivity contribution in [2.75, 3.05) is 7.05 Å². The van der Waals surface area contributed by atoms with Gasteiger partial charge in [-0.25, -0.2) is 0 Å². The molecule has 140 valence electrons. The van der Waals surface area contributed by atoms with Crippen molar-refractivity contribution in [3.8, 4) is 0 Å². The molecule has 0 aromatic rings. The minimum absolute atomic E-state index is 0.801. The van der Waals surface area contributed by atoms with Gasteiger partial charge in [-0.15, -0.1) is 0 Å². The van der Waals surface area contributed by atoms with Crippen LogP contribution in [0.3, 0.4) is 0 Å². The Morgan fingerprint density at radius 3 is 1.00 bits per heavy atom. The molecule has 0 spiro atoms. The molecule has 0 fully saturated rings. The molecule has 0 saturated heterocycles. The van der Waals surface area contributed by atoms with Gasteiger partial charge in [0.05, 0.1) is 25.2 Å². The molecule has 0 aromatic heterocycles. The smallest absolute Gasteiger partial charge is 0.0863 e. The van der Waals surface area contributed by atoms with E-state index in [1.54, 1.807) is 0 Å². The van der Waals surface area contributed by atoms with Crippen molar-refractivity contribution in [1.82, 2.24) is 0 Å². The number of nitrogens with zero attached hydrogens (tertiary/aromatic N) is 1. The average molecular weight is 327 g/mol. The van der Waals surface area contributed by atoms with Crippen molar-refractivity contribution in [3.05, 3.63) is 0 Å². The number of hydrogen-bond acceptors (Lipinski definition) is 0. The van der Waals surface area contributed by atoms with Crippen molar-refractivity contribution in [3.63, 3.8) is 0 Å². The van der Waals surface area contributed by atoms with Gasteiger partial charge in [0.15, 0.2) is 0 Å². The summed E-state index contributed by atoms with van der Waals surface area (Å²) in [5.41, 5.74) is 0. The Morgan fingerprint density at radius 2 is 0.783 bits per heavy atom. The third-order valence-corrected chi connectivity index (χ3v) is 6.53. The molecule has 0 aliphatic rings. The zero-order valence-electron chi connectivity index (χ0n) is 17.7. The molecule has 23 heavy (non-hydrogen) atoms. The summed E-state index contributed by atoms with van der Waals surface area (Å²) in [6.45, 7) is 14.5. The number of unbranched alkanes of at least 4 members (excludes halogenated alkanes) is 6. The molecule has 0 aromatic carbocycles. The Hall–Kier alpha value is -0.0400. The minimum Gasteiger partial charge on any atom is -0.319 e. The molecule has 0 bridgehead atoms. The maximum Gasteiger partial charge on any atom is 0.0863 e. The highest BCUT2D eigenvalue weighted by atomic mass is 15.4. The van der Waals surface area contributed by atoms with Crippen LogP contribution >= 0.6 is 0 Å². The molecule has 1 heteroatoms. The molecule has 0 aliphatic heterocycles. The quantitative estimate of drug-likeness (QED) is 0.218. The topological polar surface area (TPSA) is 0 Å². The lowest BCUT2D eigenvalue weighted by molar-refractivity contribution is -0.974. The first-order chi connectivity index (χ1) is 10.9. The van der Waals surface area contributed by atoms with Crippen LogP contribution in [-0.2, 0) is 0 Å². The van der Waals surface area contributed by atoms with Crippen LogP contribution in [0.25, 0.3) is 0 Å². The molecule has 0 rings (SSSR count). The van der Waals surface area contributed by atoms with Crippen molar-refractivity contribution in [2.45, 2.75) is 137 Å². The molecule has 0 radical (unpaired) electrons. The second kappa shape index (κ2) is 13.3. The first-order valence-electron chi connectivity index (χ1n) is 10.8. The van der Waals surface area contributed by atoms with Gasteiger partial charge in [0.2, 0.25) is 0 Å². The zero-order valence-corrected chi connectivity index (χ0v) is 17.7. The molecule has 3 atom stereocenters. The molecule has 3 unspecified atom stereocenters. The van der Waals surface area contributed by atoms with E-state index < -0.39 is 0 Å². The highest BCUT2D eigenvalue weighted by molar-refractivity contribution is 4.66. The number of quaternary nitrogens is 1. The normalized spacial score (nSPS) is 18.4. The highest BCUT2D eigenvalue weighted by Gasteiger charge is 2.38. The molecular formula is C22H48N+. The molecule has 0 heterocycles. The van der Waals surface area contributed by atoms with Gasteiger partial charge >= 0.3 is 0 Å². The summed E-state index contributed by atoms with van der Waals surface area (Å²) in [6.07, 6.45) is 16.7. The van der Waals surface area contributed by atoms with E-state index in [0.29, 0.717) is 0 Å². The van der Waals surface area contributed by atoms with Crippen LogP contribution in [0.2, 0.25) is 0 Å². The largest absolute Gasteiger partial charge is 0.319 e. The Balaban J connectivity index is 4.84. The van der Waals surface area contributed by atoms with Gasteiger partial charge in [-0.2, -0.15) is 0 Å². The number of hydrogen-bond donors (Lipinski definition) is 0. The van der Waals surface area contributed by atoms with Crippen LogP contribution in [0, 0.1) is 0 Å². The predicted molar refractivity (Wildman–Crippen MR) is 107 cm³/mol. The molecule has 0 saturated carbocycles. The van der Waals surface area contributed by atoms with Crippen molar-refractivity contribution >= 4 is 0 Å². The average Bonchev–Trinajstić information content (AvgIpc) is 2.54. The van der Waals surface area contributed by atoms with Crippen LogP contribution in [0.4, 0.5) is 0 Å². The van der Waals surface area contributed by atoms with E-state index in [1.807, 2.05) is 0 Å². The summed E-state index contributed by atoms with van der Waals surface area (Å²) in [5.74, 6) is 0. The first kappa shape index (κ1) is 23.0. The molecule has 1 nitrogen and oxygen atoms in total. The first-order valence-corrected chi connectivity index (χ1v) is 10.8. The molecule has 0 N–H and O–H groups in total. The van der Waals surface area contributed by atoms with Gasteiger partial charge in [-0.1, -0.05) is 59.3 Å². The monoisotopic (exact) mass is 326 g/mol. The maximum atomic E-state index is 2.57. The Kier molecular flexibility index (Phi) is 13.3. The molecule has 0 amide bonds. The molecule has 0 aliphatic carbocycles. The van der Waals surface area contributed by atoms with Crippen molar-refractivity contribution in [2.24, 2.45) is 0 Å². The highest BCUT2D eigenvalue weighted by Crippen LogP contribution is 2.30. The van der Waals surface area contributed by atoms with Gasteiger partial charge in [-0.3, -0.25) is 0 Å². The maximum absolute atomic E-state index is 2.57. The van der Waals surface area contributed by atoms with Gasteiger partial charge in [0.1, 0.15) is 0 Å². The van der Waals surface area contributed by atoms with Crippen LogP contribution in [-0.4, -0.2) is 29.7 Å². The van der Waals surface area contributed by atoms with E-state index in [2.05, 4.69) is 48.6 Å². The third-order valence-electron chi connectivity index (χ3n) is 6.53. The second-order valence-electron chi connectivity index (χ2n) is 8.26. The standard InChI is InChI=1S/C22H48N/c1-8-11-14-17-20(4)23(7,21(5)18-15-12-9-2)22(6)19-16-13-10-3/h20-22H,8-19H2,1-7H3/q+1. The number of rotatable bonds is 15. The Morgan fingerprint density at radius 1 is 0.522 bits per heavy atom. The summed E-state index contributed by atoms with van der Waals surface area (Å²) in [6, 6.07) is 2.40. The fourth-order valence-corrected chi connectivity index (χ4v) is 4.21. The fourth-order valence-electron chi connectivity index (χ4n) is 4.21. The van der Waals surface area contributed by atoms with Crippen molar-refractivity contribution in [1.29, 1.82) is 0 Å². The van der Waals surface area contributed by atoms with E-state index in [1.165, 1.54) is 81.5 Å². The minimum atomic E-state index is 0.801. The van der Waals surface area contributed by atoms with Gasteiger partial charge in [-0.05, 0) is 59.3 Å². The van der Waals surface area contributed by atoms with Crippen LogP contribution in [0.15, 0.2) is 0 Å². The summed E-state index contributed by atoms with van der Waals surface area (Å²) in [5, 5.41) is 0. The second-order valence-corrected chi connectivity index (χ2v) is 8.26. The summed E-state index contributed by atoms with van der Waals surface area (Å²) < 4.78 is 1.30. The van der Waals surface area contributed by atoms with Crippen LogP contribution in [0.1, 0.15) is 119 Å². The van der Waals surface area contributed by atoms with Crippen LogP contribution < -0.4 is 0 Å². The zero-order chi connectivity index (χ0) is 17.7. The lowest BCUT2D eigenvalue weighted by Crippen LogP contribution is -2.61. The van der Waals surface area contributed by atoms with Gasteiger partial charge in [0, 0.05) is 0 Å². The summed E-state index contributed by atoms with van der Waals surface area (Å²) >= 11 is 0. The van der Waals surface area contributed by atoms with E-state index in [0.717, 1.165) is 18.1 Å². The van der Waals surface area contributed by atoms with E-state index >= 15 is 0 Å². The summed E-state index contributed by atoms with van der Waals surface area (Å²) in [4.78, 5) is 0. The fraction of sp³-hybridized carbons (Fsp3) is 1.00. The lowest BCUT2D eigenvalue weighted by atomic mass is 9.94. The van der Waals surface area contributed by atoms with E-state index in [-0.39, 0.29) is 0 Å². The van der Waals surface area contributed by atoms with E-state index in [9.17, 15) is 0 Å². The summed E-state index contributed by atoms with van der Waals surface area (Å²) in [7, 11) is 2.57. The Bertz CT molecular complexity index is 220. The lowest BCUT2D eigenvalue weighted by Gasteiger charge is -2.50. The SMILES string of the molecule is CCCCCC(C)[N+](C)(C(C)CCCCC)C(C)CCCCC. The Labute approximate surface area is 148 Å². The van der Waals surface area contributed by atoms with Gasteiger partial charge < -0.3 is 4.48 Å². The third kappa shape index (κ3) is 8.05. The van der Waals surface area contributed by atoms with Crippen LogP contribution in [0.5, 0.6) is 0 Å². The van der Waals surface area contributed by atoms with E-state index in [4.69, 9.17) is 0 Å². The van der Waals surface area contributed by atoms with Crippen molar-refractivity contribution < 1.29 is 4.48 Å². The van der Waals surface area contributed by atoms with Gasteiger partial charge in [0.25, 0.3) is 0 Å². The molecular weight excluding hydrogens is 278 g/mol.